The van der Waals surface area contributed by atoms with E-state index in [1.807, 2.05) is 24.4 Å². The van der Waals surface area contributed by atoms with E-state index >= 15 is 0 Å². The molecule has 3 aromatic carbocycles. The van der Waals surface area contributed by atoms with Gasteiger partial charge in [0.15, 0.2) is 6.20 Å². The summed E-state index contributed by atoms with van der Waals surface area (Å²) in [5.74, 6) is 0. The van der Waals surface area contributed by atoms with Crippen molar-refractivity contribution < 1.29 is 10.7 Å². The van der Waals surface area contributed by atoms with Gasteiger partial charge in [0.05, 0.1) is 23.1 Å². The highest BCUT2D eigenvalue weighted by atomic mass is 14.7. The van der Waals surface area contributed by atoms with Crippen molar-refractivity contribution in [2.75, 3.05) is 0 Å². The van der Waals surface area contributed by atoms with E-state index in [4.69, 9.17) is 4.98 Å². The smallest absolute Gasteiger partial charge is 0.220 e. The maximum atomic E-state index is 5.13. The Morgan fingerprint density at radius 2 is 1.37 bits per heavy atom. The van der Waals surface area contributed by atoms with Crippen LogP contribution in [-0.4, -0.2) is 4.98 Å². The number of hydrogen-bond acceptors (Lipinski definition) is 1. The second-order valence-electron chi connectivity index (χ2n) is 7.35. The fourth-order valence-electron chi connectivity index (χ4n) is 3.87. The number of fused-ring (bicyclic) bond motifs is 1. The number of rotatable bonds is 4. The molecule has 0 bridgehead atoms. The van der Waals surface area contributed by atoms with E-state index in [2.05, 4.69) is 89.6 Å². The van der Waals surface area contributed by atoms with E-state index in [0.29, 0.717) is 0 Å². The molecular weight excluding hydrogens is 366 g/mol. The molecule has 30 heavy (non-hydrogen) atoms. The first kappa shape index (κ1) is 18.2. The lowest BCUT2D eigenvalue weighted by Crippen LogP contribution is -2.47. The molecule has 2 heterocycles. The molecule has 0 spiro atoms. The van der Waals surface area contributed by atoms with E-state index in [1.165, 1.54) is 5.56 Å². The number of aromatic nitrogens is 2. The maximum Gasteiger partial charge on any atom is 0.220 e. The molecule has 0 saturated heterocycles. The highest BCUT2D eigenvalue weighted by Gasteiger charge is 2.17. The van der Waals surface area contributed by atoms with Gasteiger partial charge in [-0.1, -0.05) is 72.8 Å². The monoisotopic (exact) mass is 389 g/mol. The van der Waals surface area contributed by atoms with E-state index in [1.54, 1.807) is 0 Å². The van der Waals surface area contributed by atoms with E-state index in [-0.39, 0.29) is 0 Å². The van der Waals surface area contributed by atoms with Crippen molar-refractivity contribution in [1.82, 2.24) is 4.98 Å². The van der Waals surface area contributed by atoms with Crippen LogP contribution in [0.4, 0.5) is 0 Å². The lowest BCUT2D eigenvalue weighted by atomic mass is 9.95. The standard InChI is InChI=1S/C27H21N3/c28-18-19-11-13-22(14-12-19)27-23(20-7-3-1-4-8-20)17-24-25(30-27)15-16-29-26(24)21-9-5-2-6-10-21/h1-17H,18,28H2/p+2. The van der Waals surface area contributed by atoms with Crippen LogP contribution in [0.3, 0.4) is 0 Å². The van der Waals surface area contributed by atoms with Crippen LogP contribution in [-0.2, 0) is 6.54 Å². The molecule has 0 unspecified atom stereocenters. The van der Waals surface area contributed by atoms with Gasteiger partial charge in [-0.25, -0.2) is 9.97 Å². The predicted molar refractivity (Wildman–Crippen MR) is 121 cm³/mol. The fraction of sp³-hybridized carbons (Fsp3) is 0.0370. The first-order valence-electron chi connectivity index (χ1n) is 10.2. The van der Waals surface area contributed by atoms with Crippen LogP contribution in [0.1, 0.15) is 5.56 Å². The molecule has 5 rings (SSSR count). The summed E-state index contributed by atoms with van der Waals surface area (Å²) >= 11 is 0. The van der Waals surface area contributed by atoms with Gasteiger partial charge >= 0.3 is 0 Å². The highest BCUT2D eigenvalue weighted by Crippen LogP contribution is 2.35. The van der Waals surface area contributed by atoms with Crippen LogP contribution in [0.15, 0.2) is 103 Å². The number of nitrogens with one attached hydrogen (secondary N) is 1. The van der Waals surface area contributed by atoms with Gasteiger partial charge < -0.3 is 5.73 Å². The third-order valence-corrected chi connectivity index (χ3v) is 5.45. The molecular formula is C27H23N3+2. The quantitative estimate of drug-likeness (QED) is 0.472. The lowest BCUT2D eigenvalue weighted by Gasteiger charge is -2.12. The number of hydrogen-bond donors (Lipinski definition) is 1. The van der Waals surface area contributed by atoms with Crippen LogP contribution in [0.2, 0.25) is 0 Å². The third kappa shape index (κ3) is 3.36. The van der Waals surface area contributed by atoms with Crippen molar-refractivity contribution in [2.45, 2.75) is 6.54 Å². The molecule has 0 aliphatic carbocycles. The summed E-state index contributed by atoms with van der Waals surface area (Å²) in [4.78, 5) is 8.56. The average Bonchev–Trinajstić information content (AvgIpc) is 2.84. The molecule has 2 aromatic heterocycles. The summed E-state index contributed by atoms with van der Waals surface area (Å²) in [6, 6.07) is 33.8. The van der Waals surface area contributed by atoms with Gasteiger partial charge in [-0.15, -0.1) is 0 Å². The number of pyridine rings is 2. The van der Waals surface area contributed by atoms with Gasteiger partial charge in [0.1, 0.15) is 0 Å². The summed E-state index contributed by atoms with van der Waals surface area (Å²) in [7, 11) is 0. The Morgan fingerprint density at radius 3 is 2.03 bits per heavy atom. The van der Waals surface area contributed by atoms with Crippen molar-refractivity contribution >= 4 is 10.9 Å². The topological polar surface area (TPSA) is 54.7 Å². The molecule has 3 heteroatoms. The Balaban J connectivity index is 1.79. The van der Waals surface area contributed by atoms with Crippen LogP contribution in [0.25, 0.3) is 44.5 Å². The lowest BCUT2D eigenvalue weighted by molar-refractivity contribution is -0.386. The first-order chi connectivity index (χ1) is 14.8. The molecule has 0 saturated carbocycles. The Bertz CT molecular complexity index is 1300. The Labute approximate surface area is 175 Å². The van der Waals surface area contributed by atoms with Crippen LogP contribution in [0.5, 0.6) is 0 Å². The van der Waals surface area contributed by atoms with Gasteiger partial charge in [-0.05, 0) is 23.8 Å². The second kappa shape index (κ2) is 7.90. The third-order valence-electron chi connectivity index (χ3n) is 5.45. The predicted octanol–water partition coefficient (Wildman–Crippen LogP) is 4.79. The van der Waals surface area contributed by atoms with Gasteiger partial charge in [-0.2, -0.15) is 0 Å². The minimum absolute atomic E-state index is 0.785. The summed E-state index contributed by atoms with van der Waals surface area (Å²) in [5, 5.41) is 1.11. The number of nitrogens with zero attached hydrogens (tertiary/aromatic N) is 1. The molecule has 0 amide bonds. The Hall–Kier alpha value is -3.82. The molecule has 5 aromatic rings. The zero-order valence-corrected chi connectivity index (χ0v) is 16.7. The minimum atomic E-state index is 0.785. The Morgan fingerprint density at radius 1 is 0.700 bits per heavy atom. The van der Waals surface area contributed by atoms with Crippen LogP contribution >= 0.6 is 0 Å². The zero-order chi connectivity index (χ0) is 20.3. The molecule has 0 atom stereocenters. The normalized spacial score (nSPS) is 11.0. The van der Waals surface area contributed by atoms with Gasteiger partial charge in [0, 0.05) is 28.3 Å². The van der Waals surface area contributed by atoms with Crippen molar-refractivity contribution in [3.05, 3.63) is 109 Å². The molecule has 0 aliphatic heterocycles. The first-order valence-corrected chi connectivity index (χ1v) is 10.2. The largest absolute Gasteiger partial charge is 0.354 e. The van der Waals surface area contributed by atoms with Crippen LogP contribution in [0, 0.1) is 0 Å². The SMILES string of the molecule is [NH3+]Cc1ccc(-c2nc3cc[nH+]c(-c4ccccc4)c3cc2-c2ccccc2)cc1. The average molecular weight is 390 g/mol. The van der Waals surface area contributed by atoms with Crippen molar-refractivity contribution in [1.29, 1.82) is 0 Å². The summed E-state index contributed by atoms with van der Waals surface area (Å²) in [5.41, 5.74) is 12.8. The second-order valence-corrected chi connectivity index (χ2v) is 7.35. The molecule has 3 nitrogen and oxygen atoms in total. The number of aromatic amines is 1. The van der Waals surface area contributed by atoms with Crippen molar-refractivity contribution in [2.24, 2.45) is 0 Å². The molecule has 0 fully saturated rings. The molecule has 0 radical (unpaired) electrons. The van der Waals surface area contributed by atoms with Gasteiger partial charge in [0.25, 0.3) is 0 Å². The van der Waals surface area contributed by atoms with E-state index in [0.717, 1.165) is 51.1 Å². The number of quaternary nitrogens is 1. The number of H-pyrrole nitrogens is 1. The van der Waals surface area contributed by atoms with E-state index in [9.17, 15) is 0 Å². The van der Waals surface area contributed by atoms with E-state index < -0.39 is 0 Å². The summed E-state index contributed by atoms with van der Waals surface area (Å²) in [6.45, 7) is 0.785. The van der Waals surface area contributed by atoms with Crippen molar-refractivity contribution in [3.8, 4) is 33.6 Å². The Kier molecular flexibility index (Phi) is 4.80. The van der Waals surface area contributed by atoms with Gasteiger partial charge in [0.2, 0.25) is 5.69 Å². The maximum absolute atomic E-state index is 5.13. The van der Waals surface area contributed by atoms with Gasteiger partial charge in [-0.3, -0.25) is 0 Å². The van der Waals surface area contributed by atoms with Crippen LogP contribution < -0.4 is 10.7 Å². The summed E-state index contributed by atoms with van der Waals surface area (Å²) in [6.07, 6.45) is 1.97. The number of benzene rings is 3. The van der Waals surface area contributed by atoms with Crippen molar-refractivity contribution in [3.63, 3.8) is 0 Å². The zero-order valence-electron chi connectivity index (χ0n) is 16.7. The summed E-state index contributed by atoms with van der Waals surface area (Å²) < 4.78 is 0. The highest BCUT2D eigenvalue weighted by molar-refractivity contribution is 5.97. The molecule has 0 aliphatic rings. The molecule has 4 N–H and O–H groups in total. The fourth-order valence-corrected chi connectivity index (χ4v) is 3.87. The molecule has 144 valence electrons. The minimum Gasteiger partial charge on any atom is -0.354 e.